The molecule has 6 heteroatoms. The average Bonchev–Trinajstić information content (AvgIpc) is 2.87. The molecule has 0 saturated heterocycles. The number of furan rings is 1. The molecule has 108 valence electrons. The quantitative estimate of drug-likeness (QED) is 0.802. The van der Waals surface area contributed by atoms with Gasteiger partial charge in [0.25, 0.3) is 0 Å². The van der Waals surface area contributed by atoms with Gasteiger partial charge < -0.3 is 9.73 Å². The molecule has 2 heterocycles. The van der Waals surface area contributed by atoms with Gasteiger partial charge in [-0.3, -0.25) is 0 Å². The Morgan fingerprint density at radius 1 is 1.19 bits per heavy atom. The normalized spacial score (nSPS) is 11.7. The fraction of sp³-hybridized carbons (Fsp3) is 0.133. The van der Waals surface area contributed by atoms with Crippen LogP contribution in [-0.4, -0.2) is 19.7 Å². The lowest BCUT2D eigenvalue weighted by Crippen LogP contribution is -2.02. The van der Waals surface area contributed by atoms with Crippen LogP contribution >= 0.6 is 0 Å². The number of anilines is 1. The van der Waals surface area contributed by atoms with Crippen molar-refractivity contribution in [2.75, 3.05) is 11.6 Å². The van der Waals surface area contributed by atoms with Gasteiger partial charge >= 0.3 is 0 Å². The summed E-state index contributed by atoms with van der Waals surface area (Å²) in [6.07, 6.45) is 2.63. The van der Waals surface area contributed by atoms with Crippen LogP contribution < -0.4 is 5.32 Å². The summed E-state index contributed by atoms with van der Waals surface area (Å²) in [7, 11) is -3.26. The van der Waals surface area contributed by atoms with E-state index < -0.39 is 9.84 Å². The molecule has 0 fully saturated rings. The highest BCUT2D eigenvalue weighted by Gasteiger charge is 2.08. The molecule has 0 aliphatic heterocycles. The molecule has 5 nitrogen and oxygen atoms in total. The van der Waals surface area contributed by atoms with Crippen molar-refractivity contribution in [3.63, 3.8) is 0 Å². The summed E-state index contributed by atoms with van der Waals surface area (Å²) >= 11 is 0. The predicted molar refractivity (Wildman–Crippen MR) is 80.9 cm³/mol. The Morgan fingerprint density at radius 3 is 2.67 bits per heavy atom. The summed E-state index contributed by atoms with van der Waals surface area (Å²) in [5, 5.41) is 4.27. The fourth-order valence-corrected chi connectivity index (χ4v) is 2.58. The van der Waals surface area contributed by atoms with Gasteiger partial charge in [-0.2, -0.15) is 0 Å². The van der Waals surface area contributed by atoms with Crippen molar-refractivity contribution in [3.8, 4) is 0 Å². The van der Waals surface area contributed by atoms with Crippen molar-refractivity contribution in [2.24, 2.45) is 0 Å². The lowest BCUT2D eigenvalue weighted by molar-refractivity contribution is 0.559. The topological polar surface area (TPSA) is 72.2 Å². The Labute approximate surface area is 122 Å². The highest BCUT2D eigenvalue weighted by Crippen LogP contribution is 2.19. The lowest BCUT2D eigenvalue weighted by atomic mass is 10.2. The van der Waals surface area contributed by atoms with Gasteiger partial charge in [-0.25, -0.2) is 13.4 Å². The Balaban J connectivity index is 1.72. The zero-order valence-corrected chi connectivity index (χ0v) is 12.2. The second-order valence-electron chi connectivity index (χ2n) is 4.76. The van der Waals surface area contributed by atoms with Crippen LogP contribution in [0.2, 0.25) is 0 Å². The van der Waals surface area contributed by atoms with Crippen molar-refractivity contribution in [1.29, 1.82) is 0 Å². The van der Waals surface area contributed by atoms with Crippen LogP contribution in [0, 0.1) is 0 Å². The Hall–Kier alpha value is -2.34. The largest absolute Gasteiger partial charge is 0.459 e. The van der Waals surface area contributed by atoms with E-state index >= 15 is 0 Å². The number of fused-ring (bicyclic) bond motifs is 1. The lowest BCUT2D eigenvalue weighted by Gasteiger charge is -2.04. The highest BCUT2D eigenvalue weighted by atomic mass is 32.2. The molecule has 3 aromatic rings. The molecule has 0 radical (unpaired) electrons. The van der Waals surface area contributed by atoms with E-state index in [1.165, 1.54) is 12.3 Å². The van der Waals surface area contributed by atoms with E-state index in [-0.39, 0.29) is 5.03 Å². The minimum Gasteiger partial charge on any atom is -0.459 e. The van der Waals surface area contributed by atoms with Gasteiger partial charge in [0.1, 0.15) is 11.3 Å². The molecule has 0 atom stereocenters. The van der Waals surface area contributed by atoms with Crippen molar-refractivity contribution in [1.82, 2.24) is 4.98 Å². The average molecular weight is 302 g/mol. The van der Waals surface area contributed by atoms with E-state index in [0.717, 1.165) is 28.7 Å². The number of nitrogens with zero attached hydrogens (tertiary/aromatic N) is 1. The molecule has 1 aromatic carbocycles. The van der Waals surface area contributed by atoms with Crippen LogP contribution in [-0.2, 0) is 16.4 Å². The number of sulfone groups is 1. The number of pyridine rings is 1. The van der Waals surface area contributed by atoms with Gasteiger partial charge in [0, 0.05) is 11.6 Å². The third-order valence-electron chi connectivity index (χ3n) is 3.06. The number of aromatic nitrogens is 1. The highest BCUT2D eigenvalue weighted by molar-refractivity contribution is 7.90. The number of rotatable bonds is 4. The van der Waals surface area contributed by atoms with Crippen molar-refractivity contribution in [3.05, 3.63) is 54.4 Å². The molecule has 2 aromatic heterocycles. The van der Waals surface area contributed by atoms with Crippen molar-refractivity contribution < 1.29 is 12.8 Å². The summed E-state index contributed by atoms with van der Waals surface area (Å²) in [5.74, 6) is 0.809. The summed E-state index contributed by atoms with van der Waals surface area (Å²) in [6, 6.07) is 12.9. The molecule has 0 amide bonds. The number of para-hydroxylation sites is 1. The van der Waals surface area contributed by atoms with Gasteiger partial charge in [-0.05, 0) is 24.3 Å². The Morgan fingerprint density at radius 2 is 2.00 bits per heavy atom. The van der Waals surface area contributed by atoms with Crippen LogP contribution in [0.25, 0.3) is 11.0 Å². The van der Waals surface area contributed by atoms with Crippen LogP contribution in [0.4, 0.5) is 5.69 Å². The van der Waals surface area contributed by atoms with Gasteiger partial charge in [-0.1, -0.05) is 18.2 Å². The third kappa shape index (κ3) is 3.05. The summed E-state index contributed by atoms with van der Waals surface area (Å²) in [6.45, 7) is 0.509. The number of hydrogen-bond acceptors (Lipinski definition) is 5. The first-order valence-electron chi connectivity index (χ1n) is 6.40. The summed E-state index contributed by atoms with van der Waals surface area (Å²) < 4.78 is 28.3. The molecule has 0 aliphatic rings. The van der Waals surface area contributed by atoms with E-state index in [1.807, 2.05) is 30.3 Å². The fourth-order valence-electron chi connectivity index (χ4n) is 2.02. The maximum Gasteiger partial charge on any atom is 0.192 e. The maximum absolute atomic E-state index is 11.3. The summed E-state index contributed by atoms with van der Waals surface area (Å²) in [5.41, 5.74) is 1.59. The summed E-state index contributed by atoms with van der Waals surface area (Å²) in [4.78, 5) is 3.92. The van der Waals surface area contributed by atoms with Crippen LogP contribution in [0.15, 0.2) is 58.1 Å². The van der Waals surface area contributed by atoms with Crippen LogP contribution in [0.5, 0.6) is 0 Å². The minimum absolute atomic E-state index is 0.0665. The van der Waals surface area contributed by atoms with E-state index in [0.29, 0.717) is 6.54 Å². The predicted octanol–water partition coefficient (Wildman–Crippen LogP) is 2.84. The molecule has 0 aliphatic carbocycles. The van der Waals surface area contributed by atoms with E-state index in [2.05, 4.69) is 10.3 Å². The molecule has 21 heavy (non-hydrogen) atoms. The number of hydrogen-bond donors (Lipinski definition) is 1. The maximum atomic E-state index is 11.3. The van der Waals surface area contributed by atoms with Gasteiger partial charge in [-0.15, -0.1) is 0 Å². The van der Waals surface area contributed by atoms with Gasteiger partial charge in [0.15, 0.2) is 14.9 Å². The smallest absolute Gasteiger partial charge is 0.192 e. The van der Waals surface area contributed by atoms with Crippen molar-refractivity contribution in [2.45, 2.75) is 11.6 Å². The second kappa shape index (κ2) is 5.21. The Bertz CT molecular complexity index is 834. The molecule has 0 bridgehead atoms. The SMILES string of the molecule is CS(=O)(=O)c1ccc(NCc2cc3ccccc3o2)cn1. The van der Waals surface area contributed by atoms with E-state index in [1.54, 1.807) is 6.07 Å². The van der Waals surface area contributed by atoms with E-state index in [4.69, 9.17) is 4.42 Å². The van der Waals surface area contributed by atoms with Crippen molar-refractivity contribution >= 4 is 26.5 Å². The first-order valence-corrected chi connectivity index (χ1v) is 8.29. The van der Waals surface area contributed by atoms with Gasteiger partial charge in [0.2, 0.25) is 0 Å². The first kappa shape index (κ1) is 13.6. The van der Waals surface area contributed by atoms with Crippen LogP contribution in [0.3, 0.4) is 0 Å². The molecular weight excluding hydrogens is 288 g/mol. The minimum atomic E-state index is -3.26. The first-order chi connectivity index (χ1) is 10.0. The molecule has 1 N–H and O–H groups in total. The van der Waals surface area contributed by atoms with Crippen LogP contribution in [0.1, 0.15) is 5.76 Å². The standard InChI is InChI=1S/C15H14N2O3S/c1-21(18,19)15-7-6-12(9-17-15)16-10-13-8-11-4-2-3-5-14(11)20-13/h2-9,16H,10H2,1H3. The second-order valence-corrected chi connectivity index (χ2v) is 6.72. The molecule has 0 unspecified atom stereocenters. The number of benzene rings is 1. The molecule has 0 spiro atoms. The number of nitrogens with one attached hydrogen (secondary N) is 1. The molecular formula is C15H14N2O3S. The molecule has 0 saturated carbocycles. The molecule has 3 rings (SSSR count). The zero-order chi connectivity index (χ0) is 14.9. The van der Waals surface area contributed by atoms with Gasteiger partial charge in [0.05, 0.1) is 18.4 Å². The zero-order valence-electron chi connectivity index (χ0n) is 11.4. The third-order valence-corrected chi connectivity index (χ3v) is 4.06. The van der Waals surface area contributed by atoms with E-state index in [9.17, 15) is 8.42 Å². The monoisotopic (exact) mass is 302 g/mol. The Kier molecular flexibility index (Phi) is 3.39.